The summed E-state index contributed by atoms with van der Waals surface area (Å²) in [6.45, 7) is 10.7. The first-order valence-electron chi connectivity index (χ1n) is 7.52. The first-order chi connectivity index (χ1) is 9.77. The Morgan fingerprint density at radius 2 is 2.19 bits per heavy atom. The molecule has 2 atom stereocenters. The first-order valence-corrected chi connectivity index (χ1v) is 7.96. The largest absolute Gasteiger partial charge is 0.494 e. The van der Waals surface area contributed by atoms with Crippen molar-refractivity contribution < 1.29 is 9.53 Å². The van der Waals surface area contributed by atoms with E-state index in [1.807, 2.05) is 24.0 Å². The summed E-state index contributed by atoms with van der Waals surface area (Å²) in [5.74, 6) is 1.19. The Morgan fingerprint density at radius 1 is 1.52 bits per heavy atom. The van der Waals surface area contributed by atoms with E-state index in [0.717, 1.165) is 23.4 Å². The van der Waals surface area contributed by atoms with E-state index in [2.05, 4.69) is 26.8 Å². The zero-order valence-corrected chi connectivity index (χ0v) is 14.2. The van der Waals surface area contributed by atoms with E-state index in [1.54, 1.807) is 6.92 Å². The summed E-state index contributed by atoms with van der Waals surface area (Å²) in [6, 6.07) is 5.96. The van der Waals surface area contributed by atoms with Gasteiger partial charge in [0.05, 0.1) is 6.61 Å². The van der Waals surface area contributed by atoms with Crippen LogP contribution in [0.3, 0.4) is 0 Å². The predicted octanol–water partition coefficient (Wildman–Crippen LogP) is 4.33. The molecule has 0 N–H and O–H groups in total. The van der Waals surface area contributed by atoms with Gasteiger partial charge in [0.2, 0.25) is 5.91 Å². The SMILES string of the molecule is CCOc1ccc2c(c1)[C@H](C)CC(C)(C)N2C(=O)[C@H](C)Cl. The molecule has 0 saturated heterocycles. The van der Waals surface area contributed by atoms with Crippen LogP contribution in [0.4, 0.5) is 5.69 Å². The number of carbonyl (C=O) groups is 1. The quantitative estimate of drug-likeness (QED) is 0.778. The molecular formula is C17H24ClNO2. The van der Waals surface area contributed by atoms with Gasteiger partial charge in [-0.05, 0) is 63.8 Å². The highest BCUT2D eigenvalue weighted by molar-refractivity contribution is 6.32. The van der Waals surface area contributed by atoms with E-state index in [-0.39, 0.29) is 11.4 Å². The molecule has 0 aliphatic carbocycles. The van der Waals surface area contributed by atoms with Gasteiger partial charge in [0, 0.05) is 11.2 Å². The molecular weight excluding hydrogens is 286 g/mol. The second-order valence-electron chi connectivity index (χ2n) is 6.36. The lowest BCUT2D eigenvalue weighted by Gasteiger charge is -2.46. The van der Waals surface area contributed by atoms with Crippen molar-refractivity contribution in [3.8, 4) is 5.75 Å². The van der Waals surface area contributed by atoms with Crippen molar-refractivity contribution in [3.63, 3.8) is 0 Å². The standard InChI is InChI=1S/C17H24ClNO2/c1-6-21-13-7-8-15-14(9-13)11(2)10-17(4,5)19(15)16(20)12(3)18/h7-9,11-12H,6,10H2,1-5H3/t11-,12+/m1/s1. The Labute approximate surface area is 132 Å². The van der Waals surface area contributed by atoms with E-state index >= 15 is 0 Å². The number of amides is 1. The van der Waals surface area contributed by atoms with Gasteiger partial charge in [0.1, 0.15) is 11.1 Å². The number of ether oxygens (including phenoxy) is 1. The van der Waals surface area contributed by atoms with Crippen LogP contribution in [0, 0.1) is 0 Å². The van der Waals surface area contributed by atoms with Crippen molar-refractivity contribution >= 4 is 23.2 Å². The van der Waals surface area contributed by atoms with E-state index < -0.39 is 5.38 Å². The molecule has 1 aromatic rings. The molecule has 0 saturated carbocycles. The second-order valence-corrected chi connectivity index (χ2v) is 7.02. The van der Waals surface area contributed by atoms with Crippen molar-refractivity contribution in [2.24, 2.45) is 0 Å². The van der Waals surface area contributed by atoms with Gasteiger partial charge < -0.3 is 9.64 Å². The van der Waals surface area contributed by atoms with Gasteiger partial charge in [-0.25, -0.2) is 0 Å². The smallest absolute Gasteiger partial charge is 0.245 e. The Kier molecular flexibility index (Phi) is 4.52. The molecule has 0 aromatic heterocycles. The highest BCUT2D eigenvalue weighted by Gasteiger charge is 2.41. The van der Waals surface area contributed by atoms with E-state index in [0.29, 0.717) is 12.5 Å². The Bertz CT molecular complexity index is 540. The number of alkyl halides is 1. The molecule has 1 amide bonds. The molecule has 1 heterocycles. The van der Waals surface area contributed by atoms with Crippen LogP contribution in [0.15, 0.2) is 18.2 Å². The topological polar surface area (TPSA) is 29.5 Å². The van der Waals surface area contributed by atoms with Gasteiger partial charge in [0.25, 0.3) is 0 Å². The minimum absolute atomic E-state index is 0.0426. The molecule has 0 unspecified atom stereocenters. The molecule has 0 bridgehead atoms. The summed E-state index contributed by atoms with van der Waals surface area (Å²) >= 11 is 6.06. The molecule has 116 valence electrons. The highest BCUT2D eigenvalue weighted by atomic mass is 35.5. The number of rotatable bonds is 3. The summed E-state index contributed by atoms with van der Waals surface area (Å²) in [5.41, 5.74) is 1.88. The fourth-order valence-electron chi connectivity index (χ4n) is 3.26. The van der Waals surface area contributed by atoms with Crippen molar-refractivity contribution in [1.82, 2.24) is 0 Å². The number of hydrogen-bond donors (Lipinski definition) is 0. The molecule has 3 nitrogen and oxygen atoms in total. The monoisotopic (exact) mass is 309 g/mol. The fraction of sp³-hybridized carbons (Fsp3) is 0.588. The first kappa shape index (κ1) is 16.2. The number of nitrogens with zero attached hydrogens (tertiary/aromatic N) is 1. The maximum atomic E-state index is 12.6. The molecule has 1 aliphatic heterocycles. The van der Waals surface area contributed by atoms with Crippen molar-refractivity contribution in [2.75, 3.05) is 11.5 Å². The predicted molar refractivity (Wildman–Crippen MR) is 87.5 cm³/mol. The van der Waals surface area contributed by atoms with Crippen LogP contribution < -0.4 is 9.64 Å². The number of benzene rings is 1. The number of hydrogen-bond acceptors (Lipinski definition) is 2. The normalized spacial score (nSPS) is 21.6. The van der Waals surface area contributed by atoms with Crippen LogP contribution in [0.1, 0.15) is 52.5 Å². The minimum atomic E-state index is -0.530. The Balaban J connectivity index is 2.52. The minimum Gasteiger partial charge on any atom is -0.494 e. The Hall–Kier alpha value is -1.22. The zero-order chi connectivity index (χ0) is 15.8. The summed E-state index contributed by atoms with van der Waals surface area (Å²) in [5, 5.41) is -0.530. The van der Waals surface area contributed by atoms with Gasteiger partial charge in [0.15, 0.2) is 0 Å². The highest BCUT2D eigenvalue weighted by Crippen LogP contribution is 2.45. The summed E-state index contributed by atoms with van der Waals surface area (Å²) in [4.78, 5) is 14.4. The lowest BCUT2D eigenvalue weighted by molar-refractivity contribution is -0.119. The van der Waals surface area contributed by atoms with Crippen molar-refractivity contribution in [2.45, 2.75) is 57.9 Å². The molecule has 0 spiro atoms. The number of carbonyl (C=O) groups excluding carboxylic acids is 1. The van der Waals surface area contributed by atoms with Gasteiger partial charge in [-0.3, -0.25) is 4.79 Å². The van der Waals surface area contributed by atoms with E-state index in [1.165, 1.54) is 0 Å². The van der Waals surface area contributed by atoms with Gasteiger partial charge >= 0.3 is 0 Å². The number of halogens is 1. The average Bonchev–Trinajstić information content (AvgIpc) is 2.38. The molecule has 4 heteroatoms. The number of fused-ring (bicyclic) bond motifs is 1. The maximum absolute atomic E-state index is 12.6. The molecule has 1 aromatic carbocycles. The van der Waals surface area contributed by atoms with Crippen LogP contribution in [-0.2, 0) is 4.79 Å². The second kappa shape index (κ2) is 5.88. The van der Waals surface area contributed by atoms with Crippen molar-refractivity contribution in [3.05, 3.63) is 23.8 Å². The third-order valence-electron chi connectivity index (χ3n) is 4.05. The van der Waals surface area contributed by atoms with Gasteiger partial charge in [-0.2, -0.15) is 0 Å². The van der Waals surface area contributed by atoms with E-state index in [9.17, 15) is 4.79 Å². The maximum Gasteiger partial charge on any atom is 0.245 e. The van der Waals surface area contributed by atoms with E-state index in [4.69, 9.17) is 16.3 Å². The van der Waals surface area contributed by atoms with Crippen LogP contribution >= 0.6 is 11.6 Å². The van der Waals surface area contributed by atoms with Crippen molar-refractivity contribution in [1.29, 1.82) is 0 Å². The summed E-state index contributed by atoms with van der Waals surface area (Å²) < 4.78 is 5.59. The van der Waals surface area contributed by atoms with Crippen LogP contribution in [0.5, 0.6) is 5.75 Å². The molecule has 0 radical (unpaired) electrons. The summed E-state index contributed by atoms with van der Waals surface area (Å²) in [7, 11) is 0. The number of anilines is 1. The lowest BCUT2D eigenvalue weighted by atomic mass is 9.80. The van der Waals surface area contributed by atoms with Gasteiger partial charge in [-0.1, -0.05) is 6.92 Å². The molecule has 21 heavy (non-hydrogen) atoms. The van der Waals surface area contributed by atoms with Crippen LogP contribution in [-0.4, -0.2) is 23.4 Å². The van der Waals surface area contributed by atoms with Crippen LogP contribution in [0.25, 0.3) is 0 Å². The van der Waals surface area contributed by atoms with Crippen LogP contribution in [0.2, 0.25) is 0 Å². The molecule has 2 rings (SSSR count). The molecule has 1 aliphatic rings. The third kappa shape index (κ3) is 3.03. The fourth-order valence-corrected chi connectivity index (χ4v) is 3.36. The Morgan fingerprint density at radius 3 is 2.76 bits per heavy atom. The summed E-state index contributed by atoms with van der Waals surface area (Å²) in [6.07, 6.45) is 0.908. The lowest BCUT2D eigenvalue weighted by Crippen LogP contribution is -2.53. The molecule has 0 fully saturated rings. The third-order valence-corrected chi connectivity index (χ3v) is 4.24. The van der Waals surface area contributed by atoms with Gasteiger partial charge in [-0.15, -0.1) is 11.6 Å². The average molecular weight is 310 g/mol. The zero-order valence-electron chi connectivity index (χ0n) is 13.4.